The molecule has 216 valence electrons. The van der Waals surface area contributed by atoms with Gasteiger partial charge < -0.3 is 4.55 Å². The quantitative estimate of drug-likeness (QED) is 0.0309. The average Bonchev–Trinajstić information content (AvgIpc) is 2.84. The fourth-order valence-corrected chi connectivity index (χ4v) is 5.21. The molecule has 0 fully saturated rings. The van der Waals surface area contributed by atoms with Gasteiger partial charge in [-0.3, -0.25) is 4.18 Å². The van der Waals surface area contributed by atoms with E-state index in [9.17, 15) is 13.0 Å². The third-order valence-electron chi connectivity index (χ3n) is 7.24. The number of hydrogen-bond donors (Lipinski definition) is 0. The van der Waals surface area contributed by atoms with Crippen LogP contribution < -0.4 is 51.4 Å². The van der Waals surface area contributed by atoms with E-state index in [1.807, 2.05) is 0 Å². The van der Waals surface area contributed by atoms with Crippen LogP contribution in [0.1, 0.15) is 174 Å². The van der Waals surface area contributed by atoms with Gasteiger partial charge in [0.15, 0.2) is 0 Å². The summed E-state index contributed by atoms with van der Waals surface area (Å²) < 4.78 is 37.2. The zero-order valence-electron chi connectivity index (χ0n) is 25.2. The van der Waals surface area contributed by atoms with Crippen molar-refractivity contribution in [3.05, 3.63) is 12.2 Å². The summed E-state index contributed by atoms with van der Waals surface area (Å²) in [6.07, 6.45) is 36.6. The molecule has 0 aliphatic rings. The normalized spacial score (nSPS) is 12.7. The predicted molar refractivity (Wildman–Crippen MR) is 155 cm³/mol. The molecule has 0 heterocycles. The average molecular weight is 569 g/mol. The molecule has 0 aromatic carbocycles. The summed E-state index contributed by atoms with van der Waals surface area (Å²) in [4.78, 5) is 0. The number of unbranched alkanes of at least 4 members (excludes halogenated alkanes) is 22. The van der Waals surface area contributed by atoms with Crippen molar-refractivity contribution in [3.8, 4) is 0 Å². The Morgan fingerprint density at radius 1 is 0.595 bits per heavy atom. The second kappa shape index (κ2) is 31.8. The molecule has 0 aliphatic carbocycles. The van der Waals surface area contributed by atoms with Gasteiger partial charge in [0.2, 0.25) is 10.4 Å². The summed E-state index contributed by atoms with van der Waals surface area (Å²) in [7, 11) is -4.62. The van der Waals surface area contributed by atoms with Crippen LogP contribution in [0.4, 0.5) is 0 Å². The number of allylic oxidation sites excluding steroid dienone is 1. The minimum absolute atomic E-state index is 0. The van der Waals surface area contributed by atoms with E-state index < -0.39 is 10.4 Å². The molecular formula is C31H61KO4S. The van der Waals surface area contributed by atoms with Crippen LogP contribution in [0.2, 0.25) is 0 Å². The van der Waals surface area contributed by atoms with E-state index in [0.29, 0.717) is 0 Å². The summed E-state index contributed by atoms with van der Waals surface area (Å²) in [6.45, 7) is 4.51. The van der Waals surface area contributed by atoms with Crippen LogP contribution in [0, 0.1) is 5.92 Å². The SMILES string of the molecule is CCCCCCCCCCCCCCC/C=C/C(CCCCCCCCCCCC)COS(=O)(=O)[O-].[K+]. The van der Waals surface area contributed by atoms with E-state index in [1.165, 1.54) is 141 Å². The van der Waals surface area contributed by atoms with E-state index in [2.05, 4.69) is 30.2 Å². The molecule has 0 bridgehead atoms. The molecule has 4 nitrogen and oxygen atoms in total. The molecule has 37 heavy (non-hydrogen) atoms. The molecule has 1 atom stereocenters. The Hall–Kier alpha value is 1.25. The van der Waals surface area contributed by atoms with Crippen molar-refractivity contribution in [1.29, 1.82) is 0 Å². The van der Waals surface area contributed by atoms with Crippen LogP contribution in [0.25, 0.3) is 0 Å². The summed E-state index contributed by atoms with van der Waals surface area (Å²) >= 11 is 0. The van der Waals surface area contributed by atoms with Gasteiger partial charge >= 0.3 is 51.4 Å². The Morgan fingerprint density at radius 2 is 0.946 bits per heavy atom. The summed E-state index contributed by atoms with van der Waals surface area (Å²) in [5, 5.41) is 0. The Bertz CT molecular complexity index is 566. The number of hydrogen-bond acceptors (Lipinski definition) is 4. The van der Waals surface area contributed by atoms with E-state index in [-0.39, 0.29) is 63.9 Å². The fourth-order valence-electron chi connectivity index (χ4n) is 4.87. The first kappa shape index (κ1) is 40.4. The molecule has 0 aromatic rings. The van der Waals surface area contributed by atoms with E-state index in [0.717, 1.165) is 19.3 Å². The van der Waals surface area contributed by atoms with Crippen LogP contribution in [0.15, 0.2) is 12.2 Å². The number of rotatable bonds is 29. The van der Waals surface area contributed by atoms with Crippen molar-refractivity contribution in [2.75, 3.05) is 6.61 Å². The van der Waals surface area contributed by atoms with Crippen LogP contribution >= 0.6 is 0 Å². The third-order valence-corrected chi connectivity index (χ3v) is 7.66. The van der Waals surface area contributed by atoms with Crippen LogP contribution in [0.5, 0.6) is 0 Å². The molecule has 0 spiro atoms. The molecule has 6 heteroatoms. The maximum absolute atomic E-state index is 10.9. The van der Waals surface area contributed by atoms with Crippen molar-refractivity contribution < 1.29 is 68.5 Å². The molecule has 1 unspecified atom stereocenters. The topological polar surface area (TPSA) is 66.4 Å². The van der Waals surface area contributed by atoms with Crippen molar-refractivity contribution >= 4 is 10.4 Å². The Balaban J connectivity index is 0. The Morgan fingerprint density at radius 3 is 1.32 bits per heavy atom. The first-order chi connectivity index (χ1) is 17.5. The Kier molecular flexibility index (Phi) is 34.7. The molecule has 0 amide bonds. The maximum Gasteiger partial charge on any atom is 1.00 e. The molecule has 0 N–H and O–H groups in total. The van der Waals surface area contributed by atoms with Crippen molar-refractivity contribution in [1.82, 2.24) is 0 Å². The van der Waals surface area contributed by atoms with Gasteiger partial charge in [-0.25, -0.2) is 8.42 Å². The zero-order chi connectivity index (χ0) is 26.6. The molecular weight excluding hydrogens is 508 g/mol. The van der Waals surface area contributed by atoms with Gasteiger partial charge in [0.1, 0.15) is 0 Å². The van der Waals surface area contributed by atoms with Crippen LogP contribution in [-0.2, 0) is 14.6 Å². The smallest absolute Gasteiger partial charge is 0.726 e. The van der Waals surface area contributed by atoms with E-state index in [1.54, 1.807) is 0 Å². The van der Waals surface area contributed by atoms with Crippen molar-refractivity contribution in [2.45, 2.75) is 174 Å². The standard InChI is InChI=1S/C31H62O4S.K/c1-3-5-7-9-11-13-15-16-17-18-19-21-23-25-27-29-31(30-35-36(32,33)34)28-26-24-22-20-14-12-10-8-6-4-2;/h27,29,31H,3-26,28,30H2,1-2H3,(H,32,33,34);/q;+1/p-1/b29-27+;. The molecule has 0 saturated heterocycles. The summed E-state index contributed by atoms with van der Waals surface area (Å²) in [5.74, 6) is 0.0183. The monoisotopic (exact) mass is 568 g/mol. The maximum atomic E-state index is 10.9. The molecule has 0 saturated carbocycles. The summed E-state index contributed by atoms with van der Waals surface area (Å²) in [6, 6.07) is 0. The third kappa shape index (κ3) is 35.2. The van der Waals surface area contributed by atoms with E-state index in [4.69, 9.17) is 0 Å². The zero-order valence-corrected chi connectivity index (χ0v) is 29.1. The second-order valence-electron chi connectivity index (χ2n) is 10.9. The van der Waals surface area contributed by atoms with Crippen molar-refractivity contribution in [3.63, 3.8) is 0 Å². The molecule has 0 aromatic heterocycles. The predicted octanol–water partition coefficient (Wildman–Crippen LogP) is 7.43. The van der Waals surface area contributed by atoms with Gasteiger partial charge in [-0.1, -0.05) is 167 Å². The van der Waals surface area contributed by atoms with Crippen LogP contribution in [0.3, 0.4) is 0 Å². The van der Waals surface area contributed by atoms with Gasteiger partial charge in [0.25, 0.3) is 0 Å². The molecule has 0 radical (unpaired) electrons. The minimum Gasteiger partial charge on any atom is -0.726 e. The Labute approximate surface area is 275 Å². The first-order valence-corrected chi connectivity index (χ1v) is 17.1. The van der Waals surface area contributed by atoms with Crippen LogP contribution in [-0.4, -0.2) is 19.6 Å². The van der Waals surface area contributed by atoms with E-state index >= 15 is 0 Å². The second-order valence-corrected chi connectivity index (χ2v) is 11.9. The summed E-state index contributed by atoms with van der Waals surface area (Å²) in [5.41, 5.74) is 0. The van der Waals surface area contributed by atoms with Gasteiger partial charge in [0.05, 0.1) is 6.61 Å². The van der Waals surface area contributed by atoms with Gasteiger partial charge in [-0.05, 0) is 19.3 Å². The fraction of sp³-hybridized carbons (Fsp3) is 0.935. The minimum atomic E-state index is -4.62. The first-order valence-electron chi connectivity index (χ1n) is 15.8. The molecule has 0 rings (SSSR count). The van der Waals surface area contributed by atoms with Gasteiger partial charge in [-0.15, -0.1) is 0 Å². The van der Waals surface area contributed by atoms with Gasteiger partial charge in [-0.2, -0.15) is 0 Å². The van der Waals surface area contributed by atoms with Crippen molar-refractivity contribution in [2.24, 2.45) is 5.92 Å². The molecule has 0 aliphatic heterocycles. The van der Waals surface area contributed by atoms with Gasteiger partial charge in [0, 0.05) is 5.92 Å². The largest absolute Gasteiger partial charge is 1.00 e.